The number of nitrogens with one attached hydrogen (secondary N) is 1. The second kappa shape index (κ2) is 4.97. The number of hydrogen-bond donors (Lipinski definition) is 1. The van der Waals surface area contributed by atoms with Crippen molar-refractivity contribution in [2.45, 2.75) is 26.4 Å². The zero-order chi connectivity index (χ0) is 11.5. The van der Waals surface area contributed by atoms with E-state index in [0.29, 0.717) is 17.2 Å². The van der Waals surface area contributed by atoms with Gasteiger partial charge in [-0.25, -0.2) is 9.97 Å². The van der Waals surface area contributed by atoms with E-state index in [0.717, 1.165) is 31.0 Å². The summed E-state index contributed by atoms with van der Waals surface area (Å²) in [6.07, 6.45) is 2.91. The van der Waals surface area contributed by atoms with E-state index in [-0.39, 0.29) is 0 Å². The molecule has 2 heterocycles. The molecule has 2 atom stereocenters. The maximum atomic E-state index is 5.92. The number of halogens is 1. The lowest BCUT2D eigenvalue weighted by molar-refractivity contribution is 0.108. The highest BCUT2D eigenvalue weighted by atomic mass is 35.5. The third kappa shape index (κ3) is 2.44. The quantitative estimate of drug-likeness (QED) is 0.825. The van der Waals surface area contributed by atoms with Crippen LogP contribution in [0.15, 0.2) is 6.33 Å². The lowest BCUT2D eigenvalue weighted by atomic mass is 10.0. The summed E-state index contributed by atoms with van der Waals surface area (Å²) in [6, 6.07) is 0. The van der Waals surface area contributed by atoms with Gasteiger partial charge in [0.05, 0.1) is 6.10 Å². The first-order valence-corrected chi connectivity index (χ1v) is 5.89. The standard InChI is InChI=1S/C11H16ClN3O/c1-7-10(12)14-6-15-11(7)13-5-9-3-4-16-8(9)2/h6,8-9H,3-5H2,1-2H3,(H,13,14,15). The number of nitrogens with zero attached hydrogens (tertiary/aromatic N) is 2. The average Bonchev–Trinajstić information content (AvgIpc) is 2.67. The lowest BCUT2D eigenvalue weighted by Crippen LogP contribution is -2.21. The number of anilines is 1. The van der Waals surface area contributed by atoms with E-state index in [4.69, 9.17) is 16.3 Å². The largest absolute Gasteiger partial charge is 0.378 e. The minimum absolute atomic E-state index is 0.324. The fourth-order valence-corrected chi connectivity index (χ4v) is 2.01. The third-order valence-corrected chi connectivity index (χ3v) is 3.47. The Kier molecular flexibility index (Phi) is 3.61. The molecule has 1 aromatic rings. The zero-order valence-electron chi connectivity index (χ0n) is 9.53. The molecule has 0 amide bonds. The van der Waals surface area contributed by atoms with Gasteiger partial charge in [-0.1, -0.05) is 11.6 Å². The Morgan fingerprint density at radius 1 is 1.56 bits per heavy atom. The Bertz CT molecular complexity index is 372. The van der Waals surface area contributed by atoms with Gasteiger partial charge in [0, 0.05) is 24.6 Å². The van der Waals surface area contributed by atoms with Gasteiger partial charge in [-0.3, -0.25) is 0 Å². The highest BCUT2D eigenvalue weighted by Crippen LogP contribution is 2.22. The zero-order valence-corrected chi connectivity index (χ0v) is 10.3. The van der Waals surface area contributed by atoms with E-state index in [9.17, 15) is 0 Å². The first-order valence-electron chi connectivity index (χ1n) is 5.51. The van der Waals surface area contributed by atoms with Gasteiger partial charge in [0.2, 0.25) is 0 Å². The SMILES string of the molecule is Cc1c(Cl)ncnc1NCC1CCOC1C. The number of ether oxygens (including phenoxy) is 1. The van der Waals surface area contributed by atoms with E-state index in [1.54, 1.807) is 0 Å². The molecule has 4 nitrogen and oxygen atoms in total. The van der Waals surface area contributed by atoms with E-state index < -0.39 is 0 Å². The smallest absolute Gasteiger partial charge is 0.137 e. The maximum Gasteiger partial charge on any atom is 0.137 e. The van der Waals surface area contributed by atoms with E-state index >= 15 is 0 Å². The van der Waals surface area contributed by atoms with Gasteiger partial charge in [-0.05, 0) is 20.3 Å². The highest BCUT2D eigenvalue weighted by molar-refractivity contribution is 6.30. The van der Waals surface area contributed by atoms with Crippen LogP contribution in [0.5, 0.6) is 0 Å². The molecule has 1 fully saturated rings. The summed E-state index contributed by atoms with van der Waals surface area (Å²) in [7, 11) is 0. The summed E-state index contributed by atoms with van der Waals surface area (Å²) in [5.41, 5.74) is 0.899. The summed E-state index contributed by atoms with van der Waals surface area (Å²) in [6.45, 7) is 5.75. The summed E-state index contributed by atoms with van der Waals surface area (Å²) < 4.78 is 5.51. The van der Waals surface area contributed by atoms with Gasteiger partial charge >= 0.3 is 0 Å². The fourth-order valence-electron chi connectivity index (χ4n) is 1.88. The molecule has 0 aliphatic carbocycles. The van der Waals surface area contributed by atoms with Crippen molar-refractivity contribution in [2.24, 2.45) is 5.92 Å². The number of aromatic nitrogens is 2. The lowest BCUT2D eigenvalue weighted by Gasteiger charge is -2.16. The average molecular weight is 242 g/mol. The van der Waals surface area contributed by atoms with Crippen molar-refractivity contribution in [1.29, 1.82) is 0 Å². The Hall–Kier alpha value is -0.870. The van der Waals surface area contributed by atoms with Gasteiger partial charge in [-0.15, -0.1) is 0 Å². The molecule has 0 saturated carbocycles. The van der Waals surface area contributed by atoms with Crippen LogP contribution in [-0.2, 0) is 4.74 Å². The fraction of sp³-hybridized carbons (Fsp3) is 0.636. The molecule has 16 heavy (non-hydrogen) atoms. The van der Waals surface area contributed by atoms with Crippen molar-refractivity contribution in [1.82, 2.24) is 9.97 Å². The molecule has 1 N–H and O–H groups in total. The normalized spacial score (nSPS) is 24.7. The molecule has 0 bridgehead atoms. The Balaban J connectivity index is 1.96. The van der Waals surface area contributed by atoms with Gasteiger partial charge in [-0.2, -0.15) is 0 Å². The molecule has 1 aliphatic rings. The van der Waals surface area contributed by atoms with Crippen molar-refractivity contribution < 1.29 is 4.74 Å². The summed E-state index contributed by atoms with van der Waals surface area (Å²) in [5.74, 6) is 1.37. The Labute approximate surface area is 100 Å². The van der Waals surface area contributed by atoms with Crippen LogP contribution in [0.2, 0.25) is 5.15 Å². The molecule has 1 aromatic heterocycles. The van der Waals surface area contributed by atoms with Crippen molar-refractivity contribution in [3.8, 4) is 0 Å². The molecular weight excluding hydrogens is 226 g/mol. The molecule has 5 heteroatoms. The topological polar surface area (TPSA) is 47.0 Å². The maximum absolute atomic E-state index is 5.92. The van der Waals surface area contributed by atoms with Gasteiger partial charge < -0.3 is 10.1 Å². The van der Waals surface area contributed by atoms with Crippen LogP contribution in [0.4, 0.5) is 5.82 Å². The molecule has 88 valence electrons. The second-order valence-corrected chi connectivity index (χ2v) is 4.50. The predicted octanol–water partition coefficient (Wildman–Crippen LogP) is 2.28. The van der Waals surface area contributed by atoms with Gasteiger partial charge in [0.1, 0.15) is 17.3 Å². The van der Waals surface area contributed by atoms with E-state index in [1.807, 2.05) is 6.92 Å². The molecule has 0 radical (unpaired) electrons. The molecule has 1 aliphatic heterocycles. The van der Waals surface area contributed by atoms with Crippen LogP contribution < -0.4 is 5.32 Å². The van der Waals surface area contributed by atoms with Crippen molar-refractivity contribution in [2.75, 3.05) is 18.5 Å². The van der Waals surface area contributed by atoms with Crippen LogP contribution >= 0.6 is 11.6 Å². The molecule has 2 rings (SSSR count). The van der Waals surface area contributed by atoms with Crippen LogP contribution in [-0.4, -0.2) is 29.2 Å². The number of hydrogen-bond acceptors (Lipinski definition) is 4. The van der Waals surface area contributed by atoms with E-state index in [1.165, 1.54) is 6.33 Å². The molecule has 2 unspecified atom stereocenters. The van der Waals surface area contributed by atoms with Crippen LogP contribution in [0.25, 0.3) is 0 Å². The molecular formula is C11H16ClN3O. The highest BCUT2D eigenvalue weighted by Gasteiger charge is 2.24. The van der Waals surface area contributed by atoms with Crippen LogP contribution in [0, 0.1) is 12.8 Å². The first kappa shape index (κ1) is 11.6. The van der Waals surface area contributed by atoms with Gasteiger partial charge in [0.15, 0.2) is 0 Å². The van der Waals surface area contributed by atoms with Crippen molar-refractivity contribution >= 4 is 17.4 Å². The summed E-state index contributed by atoms with van der Waals surface area (Å²) in [5, 5.41) is 3.82. The van der Waals surface area contributed by atoms with E-state index in [2.05, 4.69) is 22.2 Å². The third-order valence-electron chi connectivity index (χ3n) is 3.09. The Morgan fingerprint density at radius 3 is 3.06 bits per heavy atom. The molecule has 0 aromatic carbocycles. The molecule has 0 spiro atoms. The number of rotatable bonds is 3. The minimum atomic E-state index is 0.324. The Morgan fingerprint density at radius 2 is 2.38 bits per heavy atom. The first-order chi connectivity index (χ1) is 7.68. The minimum Gasteiger partial charge on any atom is -0.378 e. The van der Waals surface area contributed by atoms with Crippen LogP contribution in [0.1, 0.15) is 18.9 Å². The van der Waals surface area contributed by atoms with Gasteiger partial charge in [0.25, 0.3) is 0 Å². The predicted molar refractivity (Wildman–Crippen MR) is 63.8 cm³/mol. The monoisotopic (exact) mass is 241 g/mol. The summed E-state index contributed by atoms with van der Waals surface area (Å²) >= 11 is 5.92. The van der Waals surface area contributed by atoms with Crippen molar-refractivity contribution in [3.05, 3.63) is 17.0 Å². The summed E-state index contributed by atoms with van der Waals surface area (Å²) in [4.78, 5) is 8.10. The molecule has 1 saturated heterocycles. The second-order valence-electron chi connectivity index (χ2n) is 4.14. The van der Waals surface area contributed by atoms with Crippen molar-refractivity contribution in [3.63, 3.8) is 0 Å². The van der Waals surface area contributed by atoms with Crippen LogP contribution in [0.3, 0.4) is 0 Å².